The molecule has 2 N–H and O–H groups in total. The largest absolute Gasteiger partial charge is 0.497 e. The number of carbonyl (C=O) groups excluding carboxylic acids is 2. The van der Waals surface area contributed by atoms with E-state index in [1.807, 2.05) is 65.6 Å². The van der Waals surface area contributed by atoms with Gasteiger partial charge in [0.15, 0.2) is 0 Å². The van der Waals surface area contributed by atoms with Crippen LogP contribution < -0.4 is 15.4 Å². The average Bonchev–Trinajstić information content (AvgIpc) is 3.19. The van der Waals surface area contributed by atoms with Gasteiger partial charge in [0, 0.05) is 29.9 Å². The minimum absolute atomic E-state index is 0.216. The Bertz CT molecular complexity index is 1100. The molecular weight excluding hydrogens is 418 g/mol. The zero-order valence-electron chi connectivity index (χ0n) is 18.2. The first kappa shape index (κ1) is 21.2. The van der Waals surface area contributed by atoms with E-state index in [1.165, 1.54) is 0 Å². The molecule has 0 aromatic heterocycles. The number of ether oxygens (including phenoxy) is 2. The van der Waals surface area contributed by atoms with Gasteiger partial charge in [-0.25, -0.2) is 4.90 Å². The standard InChI is InChI=1S/C26H25N3O4/c1-32-21-14-12-20(13-15-21)28-24(30)22-16-27-17-23-25(31)33-26(29(22)23,18-8-4-2-5-9-18)19-10-6-3-7-11-19/h2-15,22-23,27H,16-17H2,1H3,(H,28,30). The highest BCUT2D eigenvalue weighted by Crippen LogP contribution is 2.45. The molecule has 0 spiro atoms. The molecular formula is C26H25N3O4. The van der Waals surface area contributed by atoms with E-state index < -0.39 is 17.8 Å². The van der Waals surface area contributed by atoms with Crippen LogP contribution in [0.4, 0.5) is 5.69 Å². The lowest BCUT2D eigenvalue weighted by molar-refractivity contribution is -0.152. The first-order valence-electron chi connectivity index (χ1n) is 10.9. The lowest BCUT2D eigenvalue weighted by Gasteiger charge is -2.44. The number of esters is 1. The average molecular weight is 444 g/mol. The highest BCUT2D eigenvalue weighted by atomic mass is 16.6. The summed E-state index contributed by atoms with van der Waals surface area (Å²) in [7, 11) is 1.60. The smallest absolute Gasteiger partial charge is 0.327 e. The second kappa shape index (κ2) is 8.69. The number of hydrogen-bond donors (Lipinski definition) is 2. The van der Waals surface area contributed by atoms with Crippen molar-refractivity contribution in [1.29, 1.82) is 0 Å². The second-order valence-corrected chi connectivity index (χ2v) is 8.11. The fourth-order valence-corrected chi connectivity index (χ4v) is 4.70. The first-order valence-corrected chi connectivity index (χ1v) is 10.9. The van der Waals surface area contributed by atoms with Crippen LogP contribution in [0.3, 0.4) is 0 Å². The minimum Gasteiger partial charge on any atom is -0.497 e. The molecule has 2 atom stereocenters. The van der Waals surface area contributed by atoms with Crippen molar-refractivity contribution in [3.8, 4) is 5.75 Å². The van der Waals surface area contributed by atoms with Gasteiger partial charge in [0.1, 0.15) is 17.8 Å². The molecule has 1 amide bonds. The maximum absolute atomic E-state index is 13.5. The molecule has 2 aliphatic heterocycles. The van der Waals surface area contributed by atoms with E-state index in [2.05, 4.69) is 10.6 Å². The van der Waals surface area contributed by atoms with Crippen molar-refractivity contribution in [3.05, 3.63) is 96.1 Å². The number of cyclic esters (lactones) is 1. The summed E-state index contributed by atoms with van der Waals surface area (Å²) in [4.78, 5) is 28.6. The maximum atomic E-state index is 13.5. The Kier molecular flexibility index (Phi) is 5.58. The number of benzene rings is 3. The molecule has 0 bridgehead atoms. The minimum atomic E-state index is -1.20. The van der Waals surface area contributed by atoms with Crippen molar-refractivity contribution in [3.63, 3.8) is 0 Å². The SMILES string of the molecule is COc1ccc(NC(=O)C2CNCC3C(=O)OC(c4ccccc4)(c4ccccc4)N23)cc1. The maximum Gasteiger partial charge on any atom is 0.327 e. The van der Waals surface area contributed by atoms with Crippen molar-refractivity contribution in [2.75, 3.05) is 25.5 Å². The van der Waals surface area contributed by atoms with Gasteiger partial charge in [-0.2, -0.15) is 0 Å². The molecule has 7 heteroatoms. The normalized spacial score (nSPS) is 21.7. The molecule has 0 saturated carbocycles. The fourth-order valence-electron chi connectivity index (χ4n) is 4.70. The zero-order valence-corrected chi connectivity index (χ0v) is 18.2. The number of carbonyl (C=O) groups is 2. The molecule has 0 radical (unpaired) electrons. The first-order chi connectivity index (χ1) is 16.1. The van der Waals surface area contributed by atoms with Crippen molar-refractivity contribution in [2.24, 2.45) is 0 Å². The summed E-state index contributed by atoms with van der Waals surface area (Å²) in [6, 6.07) is 25.1. The van der Waals surface area contributed by atoms with E-state index in [0.717, 1.165) is 11.1 Å². The number of fused-ring (bicyclic) bond motifs is 1. The molecule has 2 unspecified atom stereocenters. The Hall–Kier alpha value is -3.68. The predicted molar refractivity (Wildman–Crippen MR) is 124 cm³/mol. The van der Waals surface area contributed by atoms with Crippen molar-refractivity contribution < 1.29 is 19.1 Å². The number of rotatable bonds is 5. The molecule has 168 valence electrons. The van der Waals surface area contributed by atoms with E-state index in [4.69, 9.17) is 9.47 Å². The lowest BCUT2D eigenvalue weighted by Crippen LogP contribution is -2.65. The van der Waals surface area contributed by atoms with Crippen LogP contribution in [0.1, 0.15) is 11.1 Å². The van der Waals surface area contributed by atoms with Crippen LogP contribution in [0.5, 0.6) is 5.75 Å². The quantitative estimate of drug-likeness (QED) is 0.591. The molecule has 3 aromatic rings. The van der Waals surface area contributed by atoms with E-state index in [9.17, 15) is 9.59 Å². The fraction of sp³-hybridized carbons (Fsp3) is 0.231. The van der Waals surface area contributed by atoms with Crippen molar-refractivity contribution in [2.45, 2.75) is 17.8 Å². The number of nitrogens with one attached hydrogen (secondary N) is 2. The summed E-state index contributed by atoms with van der Waals surface area (Å²) in [5.41, 5.74) is 1.06. The Morgan fingerprint density at radius 2 is 1.58 bits per heavy atom. The summed E-state index contributed by atoms with van der Waals surface area (Å²) < 4.78 is 11.4. The zero-order chi connectivity index (χ0) is 22.8. The van der Waals surface area contributed by atoms with Crippen LogP contribution in [0.15, 0.2) is 84.9 Å². The molecule has 2 fully saturated rings. The van der Waals surface area contributed by atoms with Crippen LogP contribution >= 0.6 is 0 Å². The number of anilines is 1. The highest BCUT2D eigenvalue weighted by Gasteiger charge is 2.60. The predicted octanol–water partition coefficient (Wildman–Crippen LogP) is 2.73. The van der Waals surface area contributed by atoms with Gasteiger partial charge >= 0.3 is 5.97 Å². The van der Waals surface area contributed by atoms with Crippen LogP contribution in [0.25, 0.3) is 0 Å². The van der Waals surface area contributed by atoms with Crippen molar-refractivity contribution >= 4 is 17.6 Å². The third-order valence-electron chi connectivity index (χ3n) is 6.22. The van der Waals surface area contributed by atoms with E-state index in [0.29, 0.717) is 24.5 Å². The van der Waals surface area contributed by atoms with Gasteiger partial charge in [-0.1, -0.05) is 60.7 Å². The molecule has 33 heavy (non-hydrogen) atoms. The van der Waals surface area contributed by atoms with Gasteiger partial charge in [-0.3, -0.25) is 9.59 Å². The van der Waals surface area contributed by atoms with Gasteiger partial charge in [0.05, 0.1) is 7.11 Å². The summed E-state index contributed by atoms with van der Waals surface area (Å²) in [6.45, 7) is 0.795. The van der Waals surface area contributed by atoms with Gasteiger partial charge < -0.3 is 20.1 Å². The van der Waals surface area contributed by atoms with Gasteiger partial charge in [0.2, 0.25) is 11.6 Å². The summed E-state index contributed by atoms with van der Waals surface area (Å²) in [5.74, 6) is 0.141. The van der Waals surface area contributed by atoms with E-state index in [-0.39, 0.29) is 11.9 Å². The number of methoxy groups -OCH3 is 1. The van der Waals surface area contributed by atoms with E-state index in [1.54, 1.807) is 31.4 Å². The molecule has 0 aliphatic carbocycles. The van der Waals surface area contributed by atoms with Crippen LogP contribution in [-0.2, 0) is 20.1 Å². The molecule has 5 rings (SSSR count). The number of amides is 1. The molecule has 7 nitrogen and oxygen atoms in total. The third kappa shape index (κ3) is 3.65. The Balaban J connectivity index is 1.57. The molecule has 2 aliphatic rings. The third-order valence-corrected chi connectivity index (χ3v) is 6.22. The van der Waals surface area contributed by atoms with Crippen LogP contribution in [0.2, 0.25) is 0 Å². The number of nitrogens with zero attached hydrogens (tertiary/aromatic N) is 1. The molecule has 3 aromatic carbocycles. The molecule has 2 saturated heterocycles. The van der Waals surface area contributed by atoms with Gasteiger partial charge in [0.25, 0.3) is 0 Å². The summed E-state index contributed by atoms with van der Waals surface area (Å²) >= 11 is 0. The van der Waals surface area contributed by atoms with E-state index >= 15 is 0 Å². The second-order valence-electron chi connectivity index (χ2n) is 8.11. The number of hydrogen-bond acceptors (Lipinski definition) is 6. The highest BCUT2D eigenvalue weighted by molar-refractivity contribution is 5.96. The van der Waals surface area contributed by atoms with Gasteiger partial charge in [-0.15, -0.1) is 0 Å². The topological polar surface area (TPSA) is 79.9 Å². The lowest BCUT2D eigenvalue weighted by atomic mass is 9.90. The van der Waals surface area contributed by atoms with Crippen LogP contribution in [-0.4, -0.2) is 49.1 Å². The Morgan fingerprint density at radius 1 is 0.970 bits per heavy atom. The monoisotopic (exact) mass is 443 g/mol. The number of piperazine rings is 1. The summed E-state index contributed by atoms with van der Waals surface area (Å²) in [6.07, 6.45) is 0. The van der Waals surface area contributed by atoms with Crippen LogP contribution in [0, 0.1) is 0 Å². The Labute approximate surface area is 192 Å². The Morgan fingerprint density at radius 3 is 2.15 bits per heavy atom. The summed E-state index contributed by atoms with van der Waals surface area (Å²) in [5, 5.41) is 6.23. The van der Waals surface area contributed by atoms with Crippen molar-refractivity contribution in [1.82, 2.24) is 10.2 Å². The van der Waals surface area contributed by atoms with Gasteiger partial charge in [-0.05, 0) is 24.3 Å². The molecule has 2 heterocycles.